The molecule has 76 valence electrons. The fourth-order valence-electron chi connectivity index (χ4n) is 1.43. The third kappa shape index (κ3) is 3.05. The van der Waals surface area contributed by atoms with Crippen LogP contribution in [0.1, 0.15) is 19.3 Å². The SMILES string of the molecule is N#CCN1CCCC1=NCCC(=O)O. The molecule has 1 aliphatic rings. The zero-order valence-electron chi connectivity index (χ0n) is 7.94. The molecule has 1 aliphatic heterocycles. The van der Waals surface area contributed by atoms with Crippen molar-refractivity contribution in [3.05, 3.63) is 0 Å². The highest BCUT2D eigenvalue weighted by atomic mass is 16.4. The summed E-state index contributed by atoms with van der Waals surface area (Å²) in [5, 5.41) is 16.9. The minimum absolute atomic E-state index is 0.0594. The van der Waals surface area contributed by atoms with Gasteiger partial charge in [0.05, 0.1) is 24.9 Å². The number of nitrogens with zero attached hydrogens (tertiary/aromatic N) is 3. The van der Waals surface area contributed by atoms with Gasteiger partial charge < -0.3 is 10.0 Å². The summed E-state index contributed by atoms with van der Waals surface area (Å²) in [6.07, 6.45) is 1.93. The van der Waals surface area contributed by atoms with Gasteiger partial charge in [-0.3, -0.25) is 9.79 Å². The number of aliphatic imine (C=N–C) groups is 1. The number of likely N-dealkylation sites (tertiary alicyclic amines) is 1. The predicted molar refractivity (Wildman–Crippen MR) is 51.0 cm³/mol. The first-order valence-electron chi connectivity index (χ1n) is 4.61. The van der Waals surface area contributed by atoms with Crippen LogP contribution in [0.5, 0.6) is 0 Å². The molecule has 1 N–H and O–H groups in total. The van der Waals surface area contributed by atoms with E-state index in [4.69, 9.17) is 10.4 Å². The summed E-state index contributed by atoms with van der Waals surface area (Å²) in [5.74, 6) is 0.0481. The van der Waals surface area contributed by atoms with E-state index in [0.717, 1.165) is 25.2 Å². The zero-order chi connectivity index (χ0) is 10.4. The smallest absolute Gasteiger partial charge is 0.305 e. The monoisotopic (exact) mass is 195 g/mol. The van der Waals surface area contributed by atoms with Crippen LogP contribution in [0.4, 0.5) is 0 Å². The Morgan fingerprint density at radius 3 is 3.14 bits per heavy atom. The Balaban J connectivity index is 2.41. The second kappa shape index (κ2) is 5.22. The van der Waals surface area contributed by atoms with Crippen molar-refractivity contribution in [1.82, 2.24) is 4.90 Å². The lowest BCUT2D eigenvalue weighted by Gasteiger charge is -2.13. The first-order chi connectivity index (χ1) is 6.74. The summed E-state index contributed by atoms with van der Waals surface area (Å²) >= 11 is 0. The Morgan fingerprint density at radius 2 is 2.50 bits per heavy atom. The number of nitriles is 1. The molecular weight excluding hydrogens is 182 g/mol. The Bertz CT molecular complexity index is 280. The van der Waals surface area contributed by atoms with Gasteiger partial charge in [0, 0.05) is 13.0 Å². The van der Waals surface area contributed by atoms with Crippen LogP contribution in [-0.2, 0) is 4.79 Å². The minimum Gasteiger partial charge on any atom is -0.481 e. The van der Waals surface area contributed by atoms with Gasteiger partial charge in [0.2, 0.25) is 0 Å². The maximum absolute atomic E-state index is 10.2. The number of hydrogen-bond donors (Lipinski definition) is 1. The second-order valence-corrected chi connectivity index (χ2v) is 3.12. The van der Waals surface area contributed by atoms with Crippen LogP contribution in [0.15, 0.2) is 4.99 Å². The molecule has 0 aromatic heterocycles. The first kappa shape index (κ1) is 10.5. The number of aliphatic carboxylic acids is 1. The van der Waals surface area contributed by atoms with Crippen molar-refractivity contribution >= 4 is 11.8 Å². The average Bonchev–Trinajstić information content (AvgIpc) is 2.53. The number of hydrogen-bond acceptors (Lipinski definition) is 3. The Kier molecular flexibility index (Phi) is 3.92. The van der Waals surface area contributed by atoms with Crippen LogP contribution in [0.25, 0.3) is 0 Å². The van der Waals surface area contributed by atoms with Crippen molar-refractivity contribution in [2.45, 2.75) is 19.3 Å². The van der Waals surface area contributed by atoms with Crippen molar-refractivity contribution in [2.75, 3.05) is 19.6 Å². The minimum atomic E-state index is -0.834. The van der Waals surface area contributed by atoms with Crippen LogP contribution in [0.3, 0.4) is 0 Å². The van der Waals surface area contributed by atoms with Crippen molar-refractivity contribution in [2.24, 2.45) is 4.99 Å². The van der Waals surface area contributed by atoms with Gasteiger partial charge in [-0.05, 0) is 6.42 Å². The van der Waals surface area contributed by atoms with Crippen LogP contribution < -0.4 is 0 Å². The van der Waals surface area contributed by atoms with Gasteiger partial charge in [-0.25, -0.2) is 0 Å². The highest BCUT2D eigenvalue weighted by Gasteiger charge is 2.17. The molecule has 0 spiro atoms. The van der Waals surface area contributed by atoms with Gasteiger partial charge in [0.15, 0.2) is 0 Å². The maximum Gasteiger partial charge on any atom is 0.305 e. The van der Waals surface area contributed by atoms with Gasteiger partial charge in [0.1, 0.15) is 6.54 Å². The standard InChI is InChI=1S/C9H13N3O2/c10-4-7-12-6-1-2-8(12)11-5-3-9(13)14/h1-3,5-7H2,(H,13,14). The number of carbonyl (C=O) groups is 1. The summed E-state index contributed by atoms with van der Waals surface area (Å²) in [5.41, 5.74) is 0. The molecule has 0 saturated carbocycles. The van der Waals surface area contributed by atoms with Crippen LogP contribution in [0.2, 0.25) is 0 Å². The summed E-state index contributed by atoms with van der Waals surface area (Å²) in [7, 11) is 0. The van der Waals surface area contributed by atoms with Gasteiger partial charge in [-0.1, -0.05) is 0 Å². The quantitative estimate of drug-likeness (QED) is 0.662. The van der Waals surface area contributed by atoms with E-state index in [1.165, 1.54) is 0 Å². The summed E-state index contributed by atoms with van der Waals surface area (Å²) in [4.78, 5) is 16.3. The third-order valence-electron chi connectivity index (χ3n) is 2.08. The lowest BCUT2D eigenvalue weighted by molar-refractivity contribution is -0.136. The number of carboxylic acids is 1. The van der Waals surface area contributed by atoms with Crippen LogP contribution in [-0.4, -0.2) is 41.4 Å². The maximum atomic E-state index is 10.2. The van der Waals surface area contributed by atoms with E-state index in [0.29, 0.717) is 13.1 Å². The molecule has 1 heterocycles. The van der Waals surface area contributed by atoms with E-state index in [-0.39, 0.29) is 6.42 Å². The summed E-state index contributed by atoms with van der Waals surface area (Å²) < 4.78 is 0. The van der Waals surface area contributed by atoms with E-state index in [1.54, 1.807) is 0 Å². The second-order valence-electron chi connectivity index (χ2n) is 3.12. The Morgan fingerprint density at radius 1 is 1.71 bits per heavy atom. The molecule has 0 aromatic rings. The molecule has 0 aromatic carbocycles. The molecule has 1 fully saturated rings. The van der Waals surface area contributed by atoms with Crippen molar-refractivity contribution in [1.29, 1.82) is 5.26 Å². The number of rotatable bonds is 4. The number of carboxylic acid groups (broad SMARTS) is 1. The van der Waals surface area contributed by atoms with Crippen LogP contribution >= 0.6 is 0 Å². The third-order valence-corrected chi connectivity index (χ3v) is 2.08. The van der Waals surface area contributed by atoms with Crippen molar-refractivity contribution in [3.8, 4) is 6.07 Å². The fourth-order valence-corrected chi connectivity index (χ4v) is 1.43. The fraction of sp³-hybridized carbons (Fsp3) is 0.667. The predicted octanol–water partition coefficient (Wildman–Crippen LogP) is 0.479. The topological polar surface area (TPSA) is 76.7 Å². The molecule has 5 nitrogen and oxygen atoms in total. The molecule has 0 amide bonds. The van der Waals surface area contributed by atoms with E-state index in [9.17, 15) is 4.79 Å². The molecule has 0 atom stereocenters. The van der Waals surface area contributed by atoms with E-state index in [1.807, 2.05) is 4.90 Å². The Hall–Kier alpha value is -1.57. The molecule has 5 heteroatoms. The average molecular weight is 195 g/mol. The molecule has 0 bridgehead atoms. The van der Waals surface area contributed by atoms with E-state index in [2.05, 4.69) is 11.1 Å². The van der Waals surface area contributed by atoms with Gasteiger partial charge in [-0.2, -0.15) is 5.26 Å². The van der Waals surface area contributed by atoms with Crippen LogP contribution in [0, 0.1) is 11.3 Å². The highest BCUT2D eigenvalue weighted by Crippen LogP contribution is 2.10. The van der Waals surface area contributed by atoms with Crippen molar-refractivity contribution in [3.63, 3.8) is 0 Å². The van der Waals surface area contributed by atoms with E-state index >= 15 is 0 Å². The van der Waals surface area contributed by atoms with Gasteiger partial charge in [-0.15, -0.1) is 0 Å². The van der Waals surface area contributed by atoms with Gasteiger partial charge >= 0.3 is 5.97 Å². The normalized spacial score (nSPS) is 18.5. The largest absolute Gasteiger partial charge is 0.481 e. The first-order valence-corrected chi connectivity index (χ1v) is 4.61. The molecule has 1 rings (SSSR count). The zero-order valence-corrected chi connectivity index (χ0v) is 7.94. The molecule has 14 heavy (non-hydrogen) atoms. The number of amidine groups is 1. The van der Waals surface area contributed by atoms with E-state index < -0.39 is 5.97 Å². The molecule has 0 radical (unpaired) electrons. The summed E-state index contributed by atoms with van der Waals surface area (Å²) in [6, 6.07) is 2.07. The highest BCUT2D eigenvalue weighted by molar-refractivity contribution is 5.84. The molecule has 0 aliphatic carbocycles. The molecule has 0 unspecified atom stereocenters. The molecule has 1 saturated heterocycles. The lowest BCUT2D eigenvalue weighted by Crippen LogP contribution is -2.25. The lowest BCUT2D eigenvalue weighted by atomic mass is 10.3. The van der Waals surface area contributed by atoms with Gasteiger partial charge in [0.25, 0.3) is 0 Å². The summed E-state index contributed by atoms with van der Waals surface area (Å²) in [6.45, 7) is 1.53. The molecular formula is C9H13N3O2. The Labute approximate surface area is 82.7 Å². The van der Waals surface area contributed by atoms with Crippen molar-refractivity contribution < 1.29 is 9.90 Å².